The van der Waals surface area contributed by atoms with Crippen LogP contribution in [0.15, 0.2) is 68.0 Å². The summed E-state index contributed by atoms with van der Waals surface area (Å²) in [5.41, 5.74) is 2.00. The van der Waals surface area contributed by atoms with Gasteiger partial charge in [0.25, 0.3) is 5.56 Å². The van der Waals surface area contributed by atoms with Crippen LogP contribution >= 0.6 is 38.9 Å². The Morgan fingerprint density at radius 2 is 2.06 bits per heavy atom. The number of fused-ring (bicyclic) bond motifs is 1. The number of esters is 1. The molecular formula is C24H20BrClN2O4S. The number of halogens is 2. The second-order valence-electron chi connectivity index (χ2n) is 7.22. The Kier molecular flexibility index (Phi) is 6.88. The first-order valence-corrected chi connectivity index (χ1v) is 12.1. The van der Waals surface area contributed by atoms with Crippen molar-refractivity contribution in [2.24, 2.45) is 4.99 Å². The van der Waals surface area contributed by atoms with E-state index in [1.54, 1.807) is 39.2 Å². The molecule has 0 fully saturated rings. The molecule has 33 heavy (non-hydrogen) atoms. The summed E-state index contributed by atoms with van der Waals surface area (Å²) in [6, 6.07) is 12.0. The van der Waals surface area contributed by atoms with E-state index in [9.17, 15) is 9.59 Å². The maximum Gasteiger partial charge on any atom is 0.338 e. The highest BCUT2D eigenvalue weighted by Gasteiger charge is 2.34. The molecule has 0 spiro atoms. The van der Waals surface area contributed by atoms with E-state index in [1.165, 1.54) is 15.9 Å². The zero-order valence-corrected chi connectivity index (χ0v) is 21.3. The standard InChI is InChI=1S/C24H20BrClN2O4S/c1-4-32-23(30)20-13(2)27-24-28(21(20)15-7-5-6-8-17(15)26)22(29)19(33-24)12-14-9-10-18(31-3)16(25)11-14/h5-12,21H,4H2,1-3H3. The van der Waals surface area contributed by atoms with Crippen molar-refractivity contribution in [3.05, 3.63) is 94.0 Å². The number of hydrogen-bond acceptors (Lipinski definition) is 6. The first-order valence-electron chi connectivity index (χ1n) is 10.1. The van der Waals surface area contributed by atoms with Gasteiger partial charge in [0.2, 0.25) is 0 Å². The minimum atomic E-state index is -0.737. The van der Waals surface area contributed by atoms with E-state index in [2.05, 4.69) is 20.9 Å². The first-order chi connectivity index (χ1) is 15.8. The molecule has 1 aliphatic rings. The number of carbonyl (C=O) groups excluding carboxylic acids is 1. The number of carbonyl (C=O) groups is 1. The lowest BCUT2D eigenvalue weighted by Crippen LogP contribution is -2.40. The van der Waals surface area contributed by atoms with E-state index in [0.29, 0.717) is 36.9 Å². The van der Waals surface area contributed by atoms with Crippen LogP contribution in [0.25, 0.3) is 6.08 Å². The molecule has 3 aromatic rings. The van der Waals surface area contributed by atoms with Crippen molar-refractivity contribution in [1.29, 1.82) is 0 Å². The maximum absolute atomic E-state index is 13.6. The molecule has 1 atom stereocenters. The molecule has 4 rings (SSSR count). The molecule has 0 aliphatic carbocycles. The Hall–Kier alpha value is -2.68. The van der Waals surface area contributed by atoms with Crippen LogP contribution in [0.1, 0.15) is 31.0 Å². The molecular weight excluding hydrogens is 528 g/mol. The average Bonchev–Trinajstić information content (AvgIpc) is 3.08. The number of methoxy groups -OCH3 is 1. The zero-order valence-electron chi connectivity index (χ0n) is 18.1. The summed E-state index contributed by atoms with van der Waals surface area (Å²) < 4.78 is 13.4. The number of allylic oxidation sites excluding steroid dienone is 1. The number of benzene rings is 2. The fourth-order valence-corrected chi connectivity index (χ4v) is 5.55. The van der Waals surface area contributed by atoms with E-state index in [-0.39, 0.29) is 12.2 Å². The van der Waals surface area contributed by atoms with Gasteiger partial charge in [-0.15, -0.1) is 0 Å². The predicted octanol–water partition coefficient (Wildman–Crippen LogP) is 4.22. The number of aromatic nitrogens is 1. The van der Waals surface area contributed by atoms with Crippen molar-refractivity contribution in [1.82, 2.24) is 4.57 Å². The minimum absolute atomic E-state index is 0.210. The predicted molar refractivity (Wildman–Crippen MR) is 133 cm³/mol. The van der Waals surface area contributed by atoms with Crippen molar-refractivity contribution in [3.8, 4) is 5.75 Å². The van der Waals surface area contributed by atoms with E-state index >= 15 is 0 Å². The third kappa shape index (κ3) is 4.43. The summed E-state index contributed by atoms with van der Waals surface area (Å²) >= 11 is 11.2. The van der Waals surface area contributed by atoms with Crippen LogP contribution in [-0.2, 0) is 9.53 Å². The van der Waals surface area contributed by atoms with Crippen molar-refractivity contribution in [2.45, 2.75) is 19.9 Å². The maximum atomic E-state index is 13.6. The second kappa shape index (κ2) is 9.67. The van der Waals surface area contributed by atoms with Gasteiger partial charge in [0.15, 0.2) is 4.80 Å². The molecule has 9 heteroatoms. The van der Waals surface area contributed by atoms with Crippen LogP contribution in [0.4, 0.5) is 0 Å². The molecule has 2 heterocycles. The minimum Gasteiger partial charge on any atom is -0.496 e. The number of ether oxygens (including phenoxy) is 2. The second-order valence-corrected chi connectivity index (χ2v) is 9.49. The van der Waals surface area contributed by atoms with Gasteiger partial charge in [-0.25, -0.2) is 9.79 Å². The summed E-state index contributed by atoms with van der Waals surface area (Å²) in [4.78, 5) is 31.5. The quantitative estimate of drug-likeness (QED) is 0.449. The van der Waals surface area contributed by atoms with Gasteiger partial charge >= 0.3 is 5.97 Å². The molecule has 1 aliphatic heterocycles. The SMILES string of the molecule is CCOC(=O)C1=C(C)N=c2sc(=Cc3ccc(OC)c(Br)c3)c(=O)n2C1c1ccccc1Cl. The molecule has 0 saturated heterocycles. The topological polar surface area (TPSA) is 69.9 Å². The third-order valence-corrected chi connectivity index (χ3v) is 7.14. The molecule has 0 saturated carbocycles. The largest absolute Gasteiger partial charge is 0.496 e. The first kappa shape index (κ1) is 23.5. The number of thiazole rings is 1. The Labute approximate surface area is 207 Å². The molecule has 170 valence electrons. The Bertz CT molecular complexity index is 1460. The van der Waals surface area contributed by atoms with E-state index < -0.39 is 12.0 Å². The van der Waals surface area contributed by atoms with Gasteiger partial charge in [0.05, 0.1) is 34.0 Å². The van der Waals surface area contributed by atoms with Crippen LogP contribution in [0.2, 0.25) is 5.02 Å². The third-order valence-electron chi connectivity index (χ3n) is 5.19. The average molecular weight is 548 g/mol. The molecule has 0 radical (unpaired) electrons. The molecule has 6 nitrogen and oxygen atoms in total. The molecule has 0 N–H and O–H groups in total. The summed E-state index contributed by atoms with van der Waals surface area (Å²) in [6.07, 6.45) is 1.79. The monoisotopic (exact) mass is 546 g/mol. The Morgan fingerprint density at radius 3 is 2.73 bits per heavy atom. The fraction of sp³-hybridized carbons (Fsp3) is 0.208. The van der Waals surface area contributed by atoms with Crippen LogP contribution in [0.3, 0.4) is 0 Å². The molecule has 1 aromatic heterocycles. The van der Waals surface area contributed by atoms with Gasteiger partial charge in [-0.05, 0) is 65.2 Å². The van der Waals surface area contributed by atoms with Gasteiger partial charge in [-0.2, -0.15) is 0 Å². The van der Waals surface area contributed by atoms with Crippen molar-refractivity contribution < 1.29 is 14.3 Å². The highest BCUT2D eigenvalue weighted by molar-refractivity contribution is 9.10. The number of nitrogens with zero attached hydrogens (tertiary/aromatic N) is 2. The van der Waals surface area contributed by atoms with Gasteiger partial charge in [-0.3, -0.25) is 9.36 Å². The molecule has 2 aromatic carbocycles. The lowest BCUT2D eigenvalue weighted by atomic mass is 9.96. The highest BCUT2D eigenvalue weighted by Crippen LogP contribution is 2.34. The van der Waals surface area contributed by atoms with Crippen LogP contribution in [0.5, 0.6) is 5.75 Å². The van der Waals surface area contributed by atoms with Gasteiger partial charge in [-0.1, -0.05) is 47.2 Å². The number of hydrogen-bond donors (Lipinski definition) is 0. The molecule has 1 unspecified atom stereocenters. The smallest absolute Gasteiger partial charge is 0.338 e. The van der Waals surface area contributed by atoms with Crippen LogP contribution < -0.4 is 19.6 Å². The lowest BCUT2D eigenvalue weighted by molar-refractivity contribution is -0.139. The Morgan fingerprint density at radius 1 is 1.30 bits per heavy atom. The summed E-state index contributed by atoms with van der Waals surface area (Å²) in [5.74, 6) is 0.180. The van der Waals surface area contributed by atoms with Gasteiger partial charge < -0.3 is 9.47 Å². The molecule has 0 bridgehead atoms. The van der Waals surface area contributed by atoms with Crippen molar-refractivity contribution in [2.75, 3.05) is 13.7 Å². The lowest BCUT2D eigenvalue weighted by Gasteiger charge is -2.25. The van der Waals surface area contributed by atoms with Crippen LogP contribution in [-0.4, -0.2) is 24.3 Å². The summed E-state index contributed by atoms with van der Waals surface area (Å²) in [6.45, 7) is 3.69. The number of rotatable bonds is 5. The normalized spacial score (nSPS) is 15.8. The van der Waals surface area contributed by atoms with Crippen molar-refractivity contribution in [3.63, 3.8) is 0 Å². The van der Waals surface area contributed by atoms with Crippen molar-refractivity contribution >= 4 is 50.9 Å². The van der Waals surface area contributed by atoms with E-state index in [1.807, 2.05) is 30.3 Å². The van der Waals surface area contributed by atoms with Gasteiger partial charge in [0.1, 0.15) is 11.8 Å². The molecule has 0 amide bonds. The van der Waals surface area contributed by atoms with Gasteiger partial charge in [0, 0.05) is 5.02 Å². The summed E-state index contributed by atoms with van der Waals surface area (Å²) in [7, 11) is 1.59. The fourth-order valence-electron chi connectivity index (χ4n) is 3.71. The Balaban J connectivity index is 1.95. The van der Waals surface area contributed by atoms with E-state index in [0.717, 1.165) is 10.0 Å². The van der Waals surface area contributed by atoms with E-state index in [4.69, 9.17) is 21.1 Å². The summed E-state index contributed by atoms with van der Waals surface area (Å²) in [5, 5.41) is 0.452. The van der Waals surface area contributed by atoms with Crippen LogP contribution in [0, 0.1) is 0 Å². The zero-order chi connectivity index (χ0) is 23.7. The highest BCUT2D eigenvalue weighted by atomic mass is 79.9.